The first-order valence-corrected chi connectivity index (χ1v) is 6.11. The number of hydrogen-bond acceptors (Lipinski definition) is 3. The van der Waals surface area contributed by atoms with E-state index in [-0.39, 0.29) is 11.3 Å². The summed E-state index contributed by atoms with van der Waals surface area (Å²) < 4.78 is 32.1. The summed E-state index contributed by atoms with van der Waals surface area (Å²) in [5.74, 6) is -0.740. The van der Waals surface area contributed by atoms with Gasteiger partial charge in [0.1, 0.15) is 5.82 Å². The zero-order valence-corrected chi connectivity index (χ0v) is 10.4. The lowest BCUT2D eigenvalue weighted by atomic mass is 9.94. The number of methoxy groups -OCH3 is 1. The van der Waals surface area contributed by atoms with Gasteiger partial charge in [0.05, 0.1) is 7.11 Å². The minimum Gasteiger partial charge on any atom is -0.494 e. The zero-order chi connectivity index (χ0) is 13.1. The van der Waals surface area contributed by atoms with Crippen LogP contribution in [0, 0.1) is 17.6 Å². The highest BCUT2D eigenvalue weighted by Gasteiger charge is 2.22. The maximum Gasteiger partial charge on any atom is 0.165 e. The quantitative estimate of drug-likeness (QED) is 0.866. The topological polar surface area (TPSA) is 47.3 Å². The molecule has 0 aromatic heterocycles. The van der Waals surface area contributed by atoms with Gasteiger partial charge in [-0.1, -0.05) is 0 Å². The third kappa shape index (κ3) is 2.79. The highest BCUT2D eigenvalue weighted by atomic mass is 19.1. The van der Waals surface area contributed by atoms with Crippen molar-refractivity contribution in [1.29, 1.82) is 0 Å². The van der Waals surface area contributed by atoms with Crippen LogP contribution < -0.4 is 15.8 Å². The first kappa shape index (κ1) is 13.2. The van der Waals surface area contributed by atoms with E-state index >= 15 is 0 Å². The predicted molar refractivity (Wildman–Crippen MR) is 65.4 cm³/mol. The number of ether oxygens (including phenoxy) is 1. The van der Waals surface area contributed by atoms with Crippen molar-refractivity contribution in [1.82, 2.24) is 5.32 Å². The van der Waals surface area contributed by atoms with Crippen molar-refractivity contribution in [2.75, 3.05) is 20.2 Å². The second kappa shape index (κ2) is 5.63. The molecule has 2 unspecified atom stereocenters. The molecule has 0 bridgehead atoms. The maximum atomic E-state index is 13.8. The van der Waals surface area contributed by atoms with E-state index in [2.05, 4.69) is 5.32 Å². The molecule has 1 aliphatic heterocycles. The molecule has 1 aromatic carbocycles. The van der Waals surface area contributed by atoms with Crippen LogP contribution in [-0.2, 0) is 0 Å². The third-order valence-electron chi connectivity index (χ3n) is 3.42. The van der Waals surface area contributed by atoms with E-state index in [1.165, 1.54) is 7.11 Å². The molecule has 1 aromatic rings. The Labute approximate surface area is 105 Å². The van der Waals surface area contributed by atoms with Crippen LogP contribution >= 0.6 is 0 Å². The lowest BCUT2D eigenvalue weighted by Crippen LogP contribution is -2.18. The minimum absolute atomic E-state index is 0.0917. The lowest BCUT2D eigenvalue weighted by Gasteiger charge is -2.17. The van der Waals surface area contributed by atoms with Crippen LogP contribution in [0.25, 0.3) is 0 Å². The van der Waals surface area contributed by atoms with Crippen LogP contribution in [0.15, 0.2) is 12.1 Å². The molecule has 0 amide bonds. The molecule has 100 valence electrons. The Bertz CT molecular complexity index is 420. The van der Waals surface area contributed by atoms with Gasteiger partial charge in [-0.25, -0.2) is 8.78 Å². The second-order valence-corrected chi connectivity index (χ2v) is 4.71. The summed E-state index contributed by atoms with van der Waals surface area (Å²) in [4.78, 5) is 0. The molecule has 2 atom stereocenters. The molecule has 0 aliphatic carbocycles. The zero-order valence-electron chi connectivity index (χ0n) is 10.4. The van der Waals surface area contributed by atoms with E-state index in [1.807, 2.05) is 0 Å². The van der Waals surface area contributed by atoms with Crippen LogP contribution in [-0.4, -0.2) is 20.2 Å². The number of nitrogens with one attached hydrogen (secondary N) is 1. The molecule has 1 fully saturated rings. The monoisotopic (exact) mass is 256 g/mol. The summed E-state index contributed by atoms with van der Waals surface area (Å²) >= 11 is 0. The van der Waals surface area contributed by atoms with Crippen molar-refractivity contribution in [2.24, 2.45) is 11.7 Å². The Morgan fingerprint density at radius 3 is 2.83 bits per heavy atom. The summed E-state index contributed by atoms with van der Waals surface area (Å²) in [6.07, 6.45) is 1.70. The van der Waals surface area contributed by atoms with Gasteiger partial charge in [-0.05, 0) is 37.9 Å². The van der Waals surface area contributed by atoms with Gasteiger partial charge in [0.2, 0.25) is 0 Å². The van der Waals surface area contributed by atoms with E-state index in [9.17, 15) is 8.78 Å². The van der Waals surface area contributed by atoms with Gasteiger partial charge in [-0.15, -0.1) is 0 Å². The Kier molecular flexibility index (Phi) is 4.14. The van der Waals surface area contributed by atoms with Gasteiger partial charge < -0.3 is 15.8 Å². The summed E-state index contributed by atoms with van der Waals surface area (Å²) in [7, 11) is 1.31. The summed E-state index contributed by atoms with van der Waals surface area (Å²) in [5.41, 5.74) is 6.18. The summed E-state index contributed by atoms with van der Waals surface area (Å²) in [5, 5.41) is 3.23. The smallest absolute Gasteiger partial charge is 0.165 e. The van der Waals surface area contributed by atoms with Gasteiger partial charge in [-0.3, -0.25) is 0 Å². The fourth-order valence-corrected chi connectivity index (χ4v) is 2.39. The van der Waals surface area contributed by atoms with E-state index in [0.717, 1.165) is 31.6 Å². The molecular formula is C13H18F2N2O. The van der Waals surface area contributed by atoms with Crippen LogP contribution in [0.3, 0.4) is 0 Å². The standard InChI is InChI=1S/C13H18F2N2O/c1-18-13-6-10(14)9(5-11(13)15)12(16)4-8-2-3-17-7-8/h5-6,8,12,17H,2-4,7,16H2,1H3. The highest BCUT2D eigenvalue weighted by molar-refractivity contribution is 5.32. The maximum absolute atomic E-state index is 13.8. The van der Waals surface area contributed by atoms with Gasteiger partial charge in [0.25, 0.3) is 0 Å². The second-order valence-electron chi connectivity index (χ2n) is 4.71. The van der Waals surface area contributed by atoms with Gasteiger partial charge in [-0.2, -0.15) is 0 Å². The minimum atomic E-state index is -0.575. The first-order valence-electron chi connectivity index (χ1n) is 6.11. The fourth-order valence-electron chi connectivity index (χ4n) is 2.39. The molecule has 0 spiro atoms. The lowest BCUT2D eigenvalue weighted by molar-refractivity contribution is 0.379. The van der Waals surface area contributed by atoms with Crippen LogP contribution in [0.4, 0.5) is 8.78 Å². The van der Waals surface area contributed by atoms with E-state index in [0.29, 0.717) is 12.3 Å². The number of hydrogen-bond donors (Lipinski definition) is 2. The van der Waals surface area contributed by atoms with Crippen molar-refractivity contribution in [3.63, 3.8) is 0 Å². The Balaban J connectivity index is 2.13. The van der Waals surface area contributed by atoms with Crippen molar-refractivity contribution < 1.29 is 13.5 Å². The molecule has 1 heterocycles. The van der Waals surface area contributed by atoms with Gasteiger partial charge >= 0.3 is 0 Å². The average molecular weight is 256 g/mol. The summed E-state index contributed by atoms with van der Waals surface area (Å²) in [6, 6.07) is 1.72. The van der Waals surface area contributed by atoms with Crippen LogP contribution in [0.1, 0.15) is 24.4 Å². The third-order valence-corrected chi connectivity index (χ3v) is 3.42. The van der Waals surface area contributed by atoms with E-state index in [1.54, 1.807) is 0 Å². The largest absolute Gasteiger partial charge is 0.494 e. The highest BCUT2D eigenvalue weighted by Crippen LogP contribution is 2.28. The first-order chi connectivity index (χ1) is 8.61. The number of benzene rings is 1. The predicted octanol–water partition coefficient (Wildman–Crippen LogP) is 1.97. The molecule has 3 N–H and O–H groups in total. The molecule has 1 aliphatic rings. The van der Waals surface area contributed by atoms with Gasteiger partial charge in [0, 0.05) is 17.7 Å². The molecule has 0 saturated carbocycles. The molecule has 1 saturated heterocycles. The molecule has 2 rings (SSSR count). The number of nitrogens with two attached hydrogens (primary N) is 1. The number of halogens is 2. The van der Waals surface area contributed by atoms with Crippen LogP contribution in [0.2, 0.25) is 0 Å². The molecule has 5 heteroatoms. The van der Waals surface area contributed by atoms with Gasteiger partial charge in [0.15, 0.2) is 11.6 Å². The average Bonchev–Trinajstić information content (AvgIpc) is 2.84. The SMILES string of the molecule is COc1cc(F)c(C(N)CC2CCNC2)cc1F. The Hall–Kier alpha value is -1.20. The molecular weight excluding hydrogens is 238 g/mol. The molecule has 0 radical (unpaired) electrons. The molecule has 18 heavy (non-hydrogen) atoms. The fraction of sp³-hybridized carbons (Fsp3) is 0.538. The van der Waals surface area contributed by atoms with Crippen molar-refractivity contribution in [3.05, 3.63) is 29.3 Å². The number of rotatable bonds is 4. The Morgan fingerprint density at radius 2 is 2.22 bits per heavy atom. The van der Waals surface area contributed by atoms with Crippen molar-refractivity contribution in [3.8, 4) is 5.75 Å². The van der Waals surface area contributed by atoms with E-state index < -0.39 is 17.7 Å². The van der Waals surface area contributed by atoms with E-state index in [4.69, 9.17) is 10.5 Å². The van der Waals surface area contributed by atoms with Crippen LogP contribution in [0.5, 0.6) is 5.75 Å². The summed E-state index contributed by atoms with van der Waals surface area (Å²) in [6.45, 7) is 1.87. The normalized spacial score (nSPS) is 21.0. The Morgan fingerprint density at radius 1 is 1.44 bits per heavy atom. The van der Waals surface area contributed by atoms with Crippen molar-refractivity contribution in [2.45, 2.75) is 18.9 Å². The van der Waals surface area contributed by atoms with Crippen molar-refractivity contribution >= 4 is 0 Å². The molecule has 3 nitrogen and oxygen atoms in total.